The van der Waals surface area contributed by atoms with Crippen molar-refractivity contribution in [2.45, 2.75) is 18.9 Å². The molecular weight excluding hydrogens is 154 g/mol. The van der Waals surface area contributed by atoms with Crippen LogP contribution < -0.4 is 5.73 Å². The van der Waals surface area contributed by atoms with Crippen molar-refractivity contribution in [1.29, 1.82) is 0 Å². The highest BCUT2D eigenvalue weighted by molar-refractivity contribution is 7.98. The summed E-state index contributed by atoms with van der Waals surface area (Å²) in [7, 11) is 0. The zero-order valence-electron chi connectivity index (χ0n) is 5.67. The fraction of sp³-hybridized carbons (Fsp3) is 1.00. The molecule has 0 heterocycles. The van der Waals surface area contributed by atoms with Crippen LogP contribution in [0.5, 0.6) is 0 Å². The molecule has 3 heteroatoms. The summed E-state index contributed by atoms with van der Waals surface area (Å²) >= 11 is 1.85. The molecule has 1 aliphatic rings. The number of rotatable bonds is 3. The van der Waals surface area contributed by atoms with Gasteiger partial charge in [0.25, 0.3) is 0 Å². The van der Waals surface area contributed by atoms with Gasteiger partial charge in [-0.25, -0.2) is 0 Å². The second-order valence-electron chi connectivity index (χ2n) is 2.46. The normalized spacial score (nSPS) is 20.7. The van der Waals surface area contributed by atoms with E-state index < -0.39 is 0 Å². The zero-order chi connectivity index (χ0) is 5.98. The molecule has 1 nitrogen and oxygen atoms in total. The van der Waals surface area contributed by atoms with Crippen LogP contribution >= 0.6 is 24.2 Å². The maximum absolute atomic E-state index is 5.77. The van der Waals surface area contributed by atoms with E-state index in [1.54, 1.807) is 0 Å². The van der Waals surface area contributed by atoms with Gasteiger partial charge in [0.15, 0.2) is 0 Å². The Morgan fingerprint density at radius 2 is 2.22 bits per heavy atom. The number of hydrogen-bond donors (Lipinski definition) is 1. The fourth-order valence-corrected chi connectivity index (χ4v) is 1.51. The first-order valence-corrected chi connectivity index (χ1v) is 4.48. The van der Waals surface area contributed by atoms with Crippen molar-refractivity contribution < 1.29 is 0 Å². The van der Waals surface area contributed by atoms with Gasteiger partial charge in [0, 0.05) is 11.8 Å². The third-order valence-corrected chi connectivity index (χ3v) is 2.30. The Hall–Kier alpha value is 0.600. The van der Waals surface area contributed by atoms with E-state index in [1.807, 2.05) is 11.8 Å². The lowest BCUT2D eigenvalue weighted by molar-refractivity contribution is 0.659. The van der Waals surface area contributed by atoms with Crippen LogP contribution in [0, 0.1) is 5.92 Å². The number of halogens is 1. The summed E-state index contributed by atoms with van der Waals surface area (Å²) in [4.78, 5) is 0. The minimum atomic E-state index is 0. The lowest BCUT2D eigenvalue weighted by atomic mass is 10.2. The Morgan fingerprint density at radius 1 is 1.67 bits per heavy atom. The summed E-state index contributed by atoms with van der Waals surface area (Å²) < 4.78 is 0. The fourth-order valence-electron chi connectivity index (χ4n) is 0.853. The maximum Gasteiger partial charge on any atom is 0.0158 e. The van der Waals surface area contributed by atoms with Crippen molar-refractivity contribution in [3.8, 4) is 0 Å². The van der Waals surface area contributed by atoms with Gasteiger partial charge < -0.3 is 5.73 Å². The van der Waals surface area contributed by atoms with E-state index in [9.17, 15) is 0 Å². The van der Waals surface area contributed by atoms with Crippen LogP contribution in [0.1, 0.15) is 12.8 Å². The smallest absolute Gasteiger partial charge is 0.0158 e. The van der Waals surface area contributed by atoms with Crippen LogP contribution in [-0.2, 0) is 0 Å². The van der Waals surface area contributed by atoms with Crippen LogP contribution in [-0.4, -0.2) is 18.1 Å². The first-order chi connectivity index (χ1) is 3.84. The number of thioether (sulfide) groups is 1. The highest BCUT2D eigenvalue weighted by Crippen LogP contribution is 2.32. The van der Waals surface area contributed by atoms with E-state index in [4.69, 9.17) is 5.73 Å². The van der Waals surface area contributed by atoms with Crippen LogP contribution in [0.3, 0.4) is 0 Å². The van der Waals surface area contributed by atoms with Crippen molar-refractivity contribution in [2.24, 2.45) is 11.7 Å². The third kappa shape index (κ3) is 3.33. The Balaban J connectivity index is 0.000000640. The topological polar surface area (TPSA) is 26.0 Å². The lowest BCUT2D eigenvalue weighted by Gasteiger charge is -2.05. The quantitative estimate of drug-likeness (QED) is 0.690. The predicted molar refractivity (Wildman–Crippen MR) is 46.3 cm³/mol. The Bertz CT molecular complexity index is 75.5. The molecule has 0 aromatic rings. The first-order valence-electron chi connectivity index (χ1n) is 3.09. The van der Waals surface area contributed by atoms with Gasteiger partial charge in [-0.15, -0.1) is 12.4 Å². The van der Waals surface area contributed by atoms with Gasteiger partial charge in [-0.3, -0.25) is 0 Å². The summed E-state index contributed by atoms with van der Waals surface area (Å²) in [6.45, 7) is 0. The highest BCUT2D eigenvalue weighted by atomic mass is 35.5. The summed E-state index contributed by atoms with van der Waals surface area (Å²) in [5.41, 5.74) is 5.77. The van der Waals surface area contributed by atoms with Gasteiger partial charge in [-0.2, -0.15) is 11.8 Å². The Labute approximate surface area is 67.2 Å². The van der Waals surface area contributed by atoms with E-state index in [1.165, 1.54) is 12.8 Å². The Kier molecular flexibility index (Phi) is 4.72. The molecule has 0 spiro atoms. The third-order valence-electron chi connectivity index (χ3n) is 1.59. The molecule has 2 N–H and O–H groups in total. The van der Waals surface area contributed by atoms with E-state index in [-0.39, 0.29) is 12.4 Å². The number of hydrogen-bond acceptors (Lipinski definition) is 2. The largest absolute Gasteiger partial charge is 0.327 e. The molecule has 1 rings (SSSR count). The monoisotopic (exact) mass is 167 g/mol. The summed E-state index contributed by atoms with van der Waals surface area (Å²) in [6, 6.07) is 0.491. The molecule has 0 radical (unpaired) electrons. The Morgan fingerprint density at radius 3 is 2.56 bits per heavy atom. The first kappa shape index (κ1) is 9.60. The van der Waals surface area contributed by atoms with Crippen molar-refractivity contribution in [1.82, 2.24) is 0 Å². The van der Waals surface area contributed by atoms with Gasteiger partial charge in [0.05, 0.1) is 0 Å². The maximum atomic E-state index is 5.77. The molecule has 56 valence electrons. The average molecular weight is 168 g/mol. The van der Waals surface area contributed by atoms with Crippen LogP contribution in [0.25, 0.3) is 0 Å². The molecule has 0 aromatic heterocycles. The van der Waals surface area contributed by atoms with Crippen molar-refractivity contribution in [3.63, 3.8) is 0 Å². The summed E-state index contributed by atoms with van der Waals surface area (Å²) in [5.74, 6) is 2.02. The van der Waals surface area contributed by atoms with Crippen molar-refractivity contribution in [2.75, 3.05) is 12.0 Å². The molecule has 9 heavy (non-hydrogen) atoms. The summed E-state index contributed by atoms with van der Waals surface area (Å²) in [5, 5.41) is 0. The molecular formula is C6H14ClNS. The molecule has 1 aliphatic carbocycles. The highest BCUT2D eigenvalue weighted by Gasteiger charge is 2.27. The molecule has 0 amide bonds. The van der Waals surface area contributed by atoms with Gasteiger partial charge >= 0.3 is 0 Å². The molecule has 0 saturated heterocycles. The SMILES string of the molecule is CSCC(N)C1CC1.Cl. The van der Waals surface area contributed by atoms with Gasteiger partial charge in [-0.05, 0) is 25.0 Å². The standard InChI is InChI=1S/C6H13NS.ClH/c1-8-4-6(7)5-2-3-5;/h5-6H,2-4,7H2,1H3;1H. The van der Waals surface area contributed by atoms with Gasteiger partial charge in [0.1, 0.15) is 0 Å². The molecule has 0 aliphatic heterocycles. The molecule has 0 bridgehead atoms. The predicted octanol–water partition coefficient (Wildman–Crippen LogP) is 1.51. The van der Waals surface area contributed by atoms with Gasteiger partial charge in [-0.1, -0.05) is 0 Å². The van der Waals surface area contributed by atoms with E-state index in [0.29, 0.717) is 6.04 Å². The minimum absolute atomic E-state index is 0. The number of nitrogens with two attached hydrogens (primary N) is 1. The van der Waals surface area contributed by atoms with Crippen LogP contribution in [0.15, 0.2) is 0 Å². The zero-order valence-corrected chi connectivity index (χ0v) is 7.30. The van der Waals surface area contributed by atoms with Crippen LogP contribution in [0.2, 0.25) is 0 Å². The van der Waals surface area contributed by atoms with Crippen LogP contribution in [0.4, 0.5) is 0 Å². The molecule has 1 saturated carbocycles. The minimum Gasteiger partial charge on any atom is -0.327 e. The molecule has 0 aromatic carbocycles. The second-order valence-corrected chi connectivity index (χ2v) is 3.37. The molecule has 1 atom stereocenters. The lowest BCUT2D eigenvalue weighted by Crippen LogP contribution is -2.24. The second kappa shape index (κ2) is 4.42. The van der Waals surface area contributed by atoms with E-state index in [0.717, 1.165) is 11.7 Å². The summed E-state index contributed by atoms with van der Waals surface area (Å²) in [6.07, 6.45) is 4.87. The van der Waals surface area contributed by atoms with E-state index >= 15 is 0 Å². The van der Waals surface area contributed by atoms with Gasteiger partial charge in [0.2, 0.25) is 0 Å². The van der Waals surface area contributed by atoms with Crippen molar-refractivity contribution >= 4 is 24.2 Å². The van der Waals surface area contributed by atoms with Crippen molar-refractivity contribution in [3.05, 3.63) is 0 Å². The average Bonchev–Trinajstić information content (AvgIpc) is 2.45. The van der Waals surface area contributed by atoms with E-state index in [2.05, 4.69) is 6.26 Å². The molecule has 1 fully saturated rings. The molecule has 1 unspecified atom stereocenters.